The van der Waals surface area contributed by atoms with Crippen molar-refractivity contribution in [2.45, 2.75) is 0 Å². The predicted molar refractivity (Wildman–Crippen MR) is 300 cm³/mol. The first-order valence-corrected chi connectivity index (χ1v) is 27.8. The van der Waals surface area contributed by atoms with Gasteiger partial charge in [0.25, 0.3) is 0 Å². The number of piperazine rings is 4. The topological polar surface area (TPSA) is 118 Å². The number of H-pyrrole nitrogens is 2. The van der Waals surface area contributed by atoms with Gasteiger partial charge in [0.1, 0.15) is 0 Å². The van der Waals surface area contributed by atoms with Crippen molar-refractivity contribution in [1.29, 1.82) is 0 Å². The fraction of sp³-hybridized carbons (Fsp3) is 0.267. The van der Waals surface area contributed by atoms with Gasteiger partial charge in [0.05, 0.1) is 67.8 Å². The quantitative estimate of drug-likeness (QED) is 0.0499. The summed E-state index contributed by atoms with van der Waals surface area (Å²) in [5, 5.41) is 12.1. The summed E-state index contributed by atoms with van der Waals surface area (Å²) in [6.07, 6.45) is 4.30. The van der Waals surface area contributed by atoms with Crippen LogP contribution in [-0.2, 0) is 0 Å². The van der Waals surface area contributed by atoms with Crippen molar-refractivity contribution in [2.24, 2.45) is 0 Å². The van der Waals surface area contributed by atoms with Crippen molar-refractivity contribution in [3.8, 4) is 44.5 Å². The van der Waals surface area contributed by atoms with Gasteiger partial charge in [-0.3, -0.25) is 0 Å². The van der Waals surface area contributed by atoms with Crippen LogP contribution >= 0.6 is 0 Å². The maximum atomic E-state index is 17.4. The van der Waals surface area contributed by atoms with Crippen molar-refractivity contribution < 1.29 is 70.2 Å². The molecule has 0 aliphatic carbocycles. The molecule has 0 saturated carbocycles. The normalized spacial score (nSPS) is 16.5. The lowest BCUT2D eigenvalue weighted by atomic mass is 9.98. The molecule has 7 aromatic rings. The summed E-state index contributed by atoms with van der Waals surface area (Å²) in [6, 6.07) is 4.41. The van der Waals surface area contributed by atoms with Gasteiger partial charge in [-0.25, -0.2) is 80.2 Å². The molecule has 4 aromatic carbocycles. The molecule has 6 aliphatic rings. The summed E-state index contributed by atoms with van der Waals surface area (Å²) >= 11 is 0. The van der Waals surface area contributed by atoms with Crippen molar-refractivity contribution in [2.75, 3.05) is 124 Å². The van der Waals surface area contributed by atoms with E-state index in [0.29, 0.717) is 0 Å². The highest BCUT2D eigenvalue weighted by Crippen LogP contribution is 2.50. The van der Waals surface area contributed by atoms with Gasteiger partial charge < -0.3 is 50.8 Å². The van der Waals surface area contributed by atoms with Crippen molar-refractivity contribution >= 4 is 69.1 Å². The minimum atomic E-state index is -2.32. The molecule has 0 unspecified atom stereocenters. The van der Waals surface area contributed by atoms with Crippen LogP contribution in [0.1, 0.15) is 22.8 Å². The first-order valence-electron chi connectivity index (χ1n) is 27.8. The third kappa shape index (κ3) is 9.39. The monoisotopic (exact) mass is 1240 g/mol. The van der Waals surface area contributed by atoms with Gasteiger partial charge in [0.15, 0.2) is 93.1 Å². The van der Waals surface area contributed by atoms with E-state index < -0.39 is 205 Å². The zero-order valence-corrected chi connectivity index (χ0v) is 45.7. The Labute approximate surface area is 488 Å². The molecule has 4 fully saturated rings. The zero-order chi connectivity index (χ0) is 61.7. The number of nitrogens with one attached hydrogen (secondary N) is 6. The molecule has 0 spiro atoms. The smallest absolute Gasteiger partial charge is 0.199 e. The number of aromatic amines is 2. The Morgan fingerprint density at radius 2 is 0.420 bits per heavy atom. The number of fused-ring (bicyclic) bond motifs is 8. The molecule has 6 N–H and O–H groups in total. The molecule has 0 amide bonds. The Hall–Kier alpha value is -8.60. The molecule has 0 atom stereocenters. The van der Waals surface area contributed by atoms with Crippen molar-refractivity contribution in [1.82, 2.24) is 41.2 Å². The molecule has 458 valence electrons. The second-order valence-electron chi connectivity index (χ2n) is 21.4. The molecule has 4 saturated heterocycles. The number of halogens is 16. The van der Waals surface area contributed by atoms with Crippen LogP contribution in [0.2, 0.25) is 0 Å². The average Bonchev–Trinajstić information content (AvgIpc) is 1.40. The summed E-state index contributed by atoms with van der Waals surface area (Å²) in [6.45, 7) is -0.295. The molecule has 12 nitrogen and oxygen atoms in total. The molecule has 28 heteroatoms. The van der Waals surface area contributed by atoms with E-state index in [2.05, 4.69) is 31.2 Å². The molecule has 9 heterocycles. The van der Waals surface area contributed by atoms with Crippen molar-refractivity contribution in [3.05, 3.63) is 140 Å². The Balaban J connectivity index is 1.27. The first kappa shape index (κ1) is 58.4. The molecule has 3 aromatic heterocycles. The zero-order valence-electron chi connectivity index (χ0n) is 45.7. The van der Waals surface area contributed by atoms with Gasteiger partial charge in [-0.15, -0.1) is 0 Å². The summed E-state index contributed by atoms with van der Waals surface area (Å²) in [7, 11) is 0. The van der Waals surface area contributed by atoms with E-state index in [1.54, 1.807) is 0 Å². The van der Waals surface area contributed by atoms with Gasteiger partial charge in [0, 0.05) is 149 Å². The third-order valence-electron chi connectivity index (χ3n) is 16.5. The number of rotatable bonds is 8. The van der Waals surface area contributed by atoms with E-state index in [-0.39, 0.29) is 105 Å². The Morgan fingerprint density at radius 3 is 0.614 bits per heavy atom. The van der Waals surface area contributed by atoms with Gasteiger partial charge >= 0.3 is 0 Å². The van der Waals surface area contributed by atoms with Gasteiger partial charge in [-0.05, 0) is 48.6 Å². The lowest BCUT2D eigenvalue weighted by molar-refractivity contribution is 0.409. The van der Waals surface area contributed by atoms with Crippen LogP contribution in [0.3, 0.4) is 0 Å². The SMILES string of the molecule is Fc1c(F)c(F)c(N2CCNCC2)c(-c2c3nc(c(-c4c(F)c(F)c(F)c(F)c4N4CCNCC4)c4ccc([nH]4)c(-c4c(F)c(F)c(F)c(F)c4N4CCNCC4)c4nc(c(-c5c(F)c(F)c(F)c(F)c5N5CCNCC5)c5ccc2[nH]5)C=C4)C=C3)c1F. The van der Waals surface area contributed by atoms with Gasteiger partial charge in [-0.1, -0.05) is 0 Å². The predicted octanol–water partition coefficient (Wildman–Crippen LogP) is 11.2. The molecule has 8 bridgehead atoms. The lowest BCUT2D eigenvalue weighted by Crippen LogP contribution is -2.44. The Bertz CT molecular complexity index is 3780. The number of anilines is 4. The van der Waals surface area contributed by atoms with Gasteiger partial charge in [-0.2, -0.15) is 0 Å². The number of hydrogen-bond acceptors (Lipinski definition) is 10. The Morgan fingerprint density at radius 1 is 0.239 bits per heavy atom. The number of benzene rings is 4. The first-order chi connectivity index (χ1) is 42.4. The standard InChI is InChI=1S/C60H46F16N12/c61-41-37(57(53(73)49(69)45(41)65)85-17-9-77-10-18-85)33-25-1-2-26(81-25)34(38-42(62)46(66)50(70)54(74)58(38)86-19-11-78-12-20-86)28-5-6-30(83-28)36(40-44(64)48(68)52(72)56(76)60(40)88-23-15-80-16-24-88)32-8-7-31(84-32)35(29-4-3-27(33)82-29)39-43(63)47(67)51(71)55(75)59(39)87-21-13-79-14-22-87/h1-8,77-81,84H,9-24H2. The van der Waals surface area contributed by atoms with E-state index >= 15 is 70.2 Å². The minimum Gasteiger partial charge on any atom is -0.366 e. The molecule has 0 radical (unpaired) electrons. The second-order valence-corrected chi connectivity index (χ2v) is 21.4. The summed E-state index contributed by atoms with van der Waals surface area (Å²) < 4.78 is 264. The molecular formula is C60H46F16N12. The maximum Gasteiger partial charge on any atom is 0.199 e. The van der Waals surface area contributed by atoms with E-state index in [4.69, 9.17) is 9.97 Å². The van der Waals surface area contributed by atoms with Crippen LogP contribution in [0.25, 0.3) is 90.9 Å². The number of aromatic nitrogens is 4. The van der Waals surface area contributed by atoms with E-state index in [0.717, 1.165) is 48.6 Å². The highest BCUT2D eigenvalue weighted by Gasteiger charge is 2.39. The van der Waals surface area contributed by atoms with Gasteiger partial charge in [0.2, 0.25) is 0 Å². The average molecular weight is 1240 g/mol. The summed E-state index contributed by atoms with van der Waals surface area (Å²) in [4.78, 5) is 20.0. The Kier molecular flexibility index (Phi) is 15.2. The number of hydrogen-bond donors (Lipinski definition) is 6. The molecule has 13 rings (SSSR count). The second kappa shape index (κ2) is 22.8. The third-order valence-corrected chi connectivity index (χ3v) is 16.5. The van der Waals surface area contributed by atoms with Crippen LogP contribution in [0.4, 0.5) is 93.0 Å². The van der Waals surface area contributed by atoms with Crippen LogP contribution in [0.15, 0.2) is 24.3 Å². The van der Waals surface area contributed by atoms with E-state index in [9.17, 15) is 0 Å². The molecule has 6 aliphatic heterocycles. The summed E-state index contributed by atoms with van der Waals surface area (Å²) in [5.41, 5.74) is -14.1. The fourth-order valence-corrected chi connectivity index (χ4v) is 12.4. The molecule has 88 heavy (non-hydrogen) atoms. The minimum absolute atomic E-state index is 0.106. The van der Waals surface area contributed by atoms with E-state index in [1.165, 1.54) is 19.6 Å². The molecular weight excluding hydrogens is 1190 g/mol. The largest absolute Gasteiger partial charge is 0.366 e. The van der Waals surface area contributed by atoms with Crippen LogP contribution in [0.5, 0.6) is 0 Å². The van der Waals surface area contributed by atoms with Crippen molar-refractivity contribution in [3.63, 3.8) is 0 Å². The number of nitrogens with zero attached hydrogens (tertiary/aromatic N) is 6. The highest BCUT2D eigenvalue weighted by molar-refractivity contribution is 6.04. The lowest BCUT2D eigenvalue weighted by Gasteiger charge is -2.32. The maximum absolute atomic E-state index is 17.4. The van der Waals surface area contributed by atoms with Crippen LogP contribution < -0.4 is 40.9 Å². The fourth-order valence-electron chi connectivity index (χ4n) is 12.4. The van der Waals surface area contributed by atoms with Crippen LogP contribution in [-0.4, -0.2) is 125 Å². The van der Waals surface area contributed by atoms with Crippen LogP contribution in [0, 0.1) is 93.1 Å². The summed E-state index contributed by atoms with van der Waals surface area (Å²) in [5.74, 6) is -33.7. The van der Waals surface area contributed by atoms with E-state index in [1.807, 2.05) is 0 Å². The highest BCUT2D eigenvalue weighted by atomic mass is 19.2.